The van der Waals surface area contributed by atoms with Crippen molar-refractivity contribution in [2.45, 2.75) is 52.0 Å². The highest BCUT2D eigenvalue weighted by molar-refractivity contribution is 5.94. The molecule has 7 rings (SSSR count). The fraction of sp³-hybridized carbons (Fsp3) is 0.295. The largest absolute Gasteiger partial charge is 0.482 e. The van der Waals surface area contributed by atoms with Crippen LogP contribution in [0.4, 0.5) is 0 Å². The van der Waals surface area contributed by atoms with Gasteiger partial charge in [-0.2, -0.15) is 4.98 Å². The predicted octanol–water partition coefficient (Wildman–Crippen LogP) is 6.05. The fourth-order valence-corrected chi connectivity index (χ4v) is 6.79. The van der Waals surface area contributed by atoms with E-state index in [1.54, 1.807) is 0 Å². The minimum Gasteiger partial charge on any atom is -0.482 e. The van der Waals surface area contributed by atoms with Crippen LogP contribution in [-0.4, -0.2) is 80.9 Å². The Balaban J connectivity index is 1.05. The summed E-state index contributed by atoms with van der Waals surface area (Å²) in [5.41, 5.74) is 6.11. The van der Waals surface area contributed by atoms with Gasteiger partial charge in [-0.05, 0) is 66.9 Å². The number of amides is 1. The Bertz CT molecular complexity index is 2040. The molecule has 1 N–H and O–H groups in total. The van der Waals surface area contributed by atoms with Crippen molar-refractivity contribution >= 4 is 5.91 Å². The Labute approximate surface area is 317 Å². The van der Waals surface area contributed by atoms with Crippen molar-refractivity contribution in [3.63, 3.8) is 0 Å². The zero-order valence-corrected chi connectivity index (χ0v) is 30.7. The first kappa shape index (κ1) is 36.8. The lowest BCUT2D eigenvalue weighted by Crippen LogP contribution is -2.42. The van der Waals surface area contributed by atoms with Gasteiger partial charge in [0, 0.05) is 48.9 Å². The van der Waals surface area contributed by atoms with Crippen molar-refractivity contribution in [3.8, 4) is 23.5 Å². The Hall–Kier alpha value is -5.57. The number of hydrogen-bond donors (Lipinski definition) is 1. The molecule has 4 aromatic carbocycles. The van der Waals surface area contributed by atoms with E-state index in [1.807, 2.05) is 107 Å². The molecule has 2 aliphatic heterocycles. The number of aliphatic hydroxyl groups is 1. The van der Waals surface area contributed by atoms with Gasteiger partial charge in [0.2, 0.25) is 5.75 Å². The molecule has 0 saturated carbocycles. The Morgan fingerprint density at radius 3 is 2.02 bits per heavy atom. The molecule has 54 heavy (non-hydrogen) atoms. The Morgan fingerprint density at radius 2 is 1.41 bits per heavy atom. The maximum atomic E-state index is 12.8. The monoisotopic (exact) mass is 723 g/mol. The third-order valence-corrected chi connectivity index (χ3v) is 9.68. The summed E-state index contributed by atoms with van der Waals surface area (Å²) in [6.45, 7) is 8.11. The van der Waals surface area contributed by atoms with Crippen LogP contribution in [0.2, 0.25) is 0 Å². The molecule has 2 fully saturated rings. The van der Waals surface area contributed by atoms with Gasteiger partial charge >= 0.3 is 0 Å². The van der Waals surface area contributed by atoms with Crippen molar-refractivity contribution in [1.82, 2.24) is 24.7 Å². The smallest absolute Gasteiger partial charge is 0.260 e. The molecular weight excluding hydrogens is 679 g/mol. The van der Waals surface area contributed by atoms with Crippen molar-refractivity contribution in [1.29, 1.82) is 0 Å². The quantitative estimate of drug-likeness (QED) is 0.163. The predicted molar refractivity (Wildman–Crippen MR) is 205 cm³/mol. The summed E-state index contributed by atoms with van der Waals surface area (Å²) in [6.07, 6.45) is 0.641. The Morgan fingerprint density at radius 1 is 0.815 bits per heavy atom. The maximum Gasteiger partial charge on any atom is 0.260 e. The van der Waals surface area contributed by atoms with E-state index in [9.17, 15) is 9.90 Å². The molecule has 276 valence electrons. The van der Waals surface area contributed by atoms with Crippen LogP contribution in [0, 0.1) is 11.8 Å². The first-order chi connectivity index (χ1) is 26.4. The van der Waals surface area contributed by atoms with E-state index in [-0.39, 0.29) is 18.0 Å². The topological polar surface area (TPSA) is 100 Å². The van der Waals surface area contributed by atoms with E-state index in [0.29, 0.717) is 75.5 Å². The highest BCUT2D eigenvalue weighted by Crippen LogP contribution is 2.37. The van der Waals surface area contributed by atoms with Crippen LogP contribution in [0.1, 0.15) is 63.8 Å². The number of aliphatic hydroxyl groups excluding tert-OH is 1. The molecule has 2 saturated heterocycles. The summed E-state index contributed by atoms with van der Waals surface area (Å²) in [6, 6.07) is 35.5. The van der Waals surface area contributed by atoms with Crippen LogP contribution in [0.25, 0.3) is 0 Å². The molecule has 0 aliphatic carbocycles. The number of nitrogens with zero attached hydrogens (tertiary/aromatic N) is 5. The van der Waals surface area contributed by atoms with E-state index in [4.69, 9.17) is 14.2 Å². The van der Waals surface area contributed by atoms with E-state index in [1.165, 1.54) is 6.33 Å². The van der Waals surface area contributed by atoms with Gasteiger partial charge in [0.05, 0.1) is 19.3 Å². The van der Waals surface area contributed by atoms with Crippen LogP contribution < -0.4 is 9.47 Å². The highest BCUT2D eigenvalue weighted by atomic mass is 16.5. The Kier molecular flexibility index (Phi) is 11.9. The van der Waals surface area contributed by atoms with Crippen LogP contribution in [-0.2, 0) is 24.5 Å². The third-order valence-electron chi connectivity index (χ3n) is 9.68. The zero-order chi connectivity index (χ0) is 37.3. The minimum atomic E-state index is -0.849. The van der Waals surface area contributed by atoms with Gasteiger partial charge in [0.25, 0.3) is 11.8 Å². The van der Waals surface area contributed by atoms with Gasteiger partial charge in [0.1, 0.15) is 25.2 Å². The van der Waals surface area contributed by atoms with Crippen molar-refractivity contribution in [2.75, 3.05) is 32.8 Å². The number of carbonyl (C=O) groups excluding carboxylic acids is 1. The molecule has 0 bridgehead atoms. The number of benzene rings is 4. The summed E-state index contributed by atoms with van der Waals surface area (Å²) in [4.78, 5) is 27.8. The first-order valence-corrected chi connectivity index (χ1v) is 18.4. The van der Waals surface area contributed by atoms with Crippen molar-refractivity contribution < 1.29 is 24.1 Å². The molecule has 5 aromatic rings. The van der Waals surface area contributed by atoms with Crippen LogP contribution in [0.5, 0.6) is 11.6 Å². The summed E-state index contributed by atoms with van der Waals surface area (Å²) in [5.74, 6) is 7.32. The molecule has 2 atom stereocenters. The number of ether oxygens (including phenoxy) is 3. The van der Waals surface area contributed by atoms with Crippen molar-refractivity contribution in [3.05, 3.63) is 155 Å². The number of morpholine rings is 1. The minimum absolute atomic E-state index is 0.0194. The normalized spacial score (nSPS) is 17.6. The second-order valence-corrected chi connectivity index (χ2v) is 13.7. The van der Waals surface area contributed by atoms with Gasteiger partial charge < -0.3 is 24.2 Å². The van der Waals surface area contributed by atoms with Gasteiger partial charge in [-0.1, -0.05) is 84.6 Å². The molecule has 0 spiro atoms. The van der Waals surface area contributed by atoms with Crippen LogP contribution in [0.15, 0.2) is 116 Å². The average molecular weight is 724 g/mol. The lowest BCUT2D eigenvalue weighted by molar-refractivity contribution is -0.0824. The maximum absolute atomic E-state index is 12.8. The third kappa shape index (κ3) is 8.96. The molecule has 3 heterocycles. The molecule has 2 unspecified atom stereocenters. The summed E-state index contributed by atoms with van der Waals surface area (Å²) >= 11 is 0. The molecule has 1 amide bonds. The van der Waals surface area contributed by atoms with Gasteiger partial charge in [-0.3, -0.25) is 14.6 Å². The summed E-state index contributed by atoms with van der Waals surface area (Å²) < 4.78 is 17.9. The molecular formula is C44H45N5O5. The summed E-state index contributed by atoms with van der Waals surface area (Å²) in [7, 11) is 0. The number of rotatable bonds is 11. The zero-order valence-electron chi connectivity index (χ0n) is 30.7. The molecule has 2 aliphatic rings. The molecule has 1 aromatic heterocycles. The highest BCUT2D eigenvalue weighted by Gasteiger charge is 2.41. The number of carbonyl (C=O) groups is 1. The van der Waals surface area contributed by atoms with Gasteiger partial charge in [-0.15, -0.1) is 0 Å². The first-order valence-electron chi connectivity index (χ1n) is 18.4. The van der Waals surface area contributed by atoms with Crippen molar-refractivity contribution in [2.24, 2.45) is 0 Å². The fourth-order valence-electron chi connectivity index (χ4n) is 6.79. The lowest BCUT2D eigenvalue weighted by atomic mass is 10.0. The average Bonchev–Trinajstić information content (AvgIpc) is 3.55. The van der Waals surface area contributed by atoms with Crippen LogP contribution >= 0.6 is 0 Å². The van der Waals surface area contributed by atoms with E-state index in [2.05, 4.69) is 52.7 Å². The second kappa shape index (κ2) is 17.5. The van der Waals surface area contributed by atoms with E-state index < -0.39 is 6.35 Å². The van der Waals surface area contributed by atoms with E-state index >= 15 is 0 Å². The standard InChI is InChI=1S/C44H45N5O5/c1-32(2)49-40(37-19-15-33(16-20-37)13-14-34-17-21-38(22-18-34)43(50)47-23-25-52-26-24-47)28-48(44(49)51)27-39-41(53-29-35-9-5-3-6-10-35)42(46-31-45-39)54-30-36-11-7-4-8-12-36/h3-12,15-22,31-32,40,44,51H,23-30H2,1-2H3. The van der Waals surface area contributed by atoms with Crippen LogP contribution in [0.3, 0.4) is 0 Å². The molecule has 10 heteroatoms. The van der Waals surface area contributed by atoms with Gasteiger partial charge in [-0.25, -0.2) is 4.98 Å². The second-order valence-electron chi connectivity index (χ2n) is 13.7. The molecule has 0 radical (unpaired) electrons. The van der Waals surface area contributed by atoms with Gasteiger partial charge in [0.15, 0.2) is 6.35 Å². The number of aromatic nitrogens is 2. The number of hydrogen-bond acceptors (Lipinski definition) is 9. The SMILES string of the molecule is CC(C)N1C(c2ccc(C#Cc3ccc(C(=O)N4CCOCC4)cc3)cc2)CN(Cc2ncnc(OCc3ccccc3)c2OCc2ccccc2)C1O. The van der Waals surface area contributed by atoms with E-state index in [0.717, 1.165) is 27.8 Å². The molecule has 10 nitrogen and oxygen atoms in total. The lowest BCUT2D eigenvalue weighted by Gasteiger charge is -2.31. The summed E-state index contributed by atoms with van der Waals surface area (Å²) in [5, 5.41) is 11.7.